The smallest absolute Gasteiger partial charge is 0.306 e. The van der Waals surface area contributed by atoms with E-state index >= 15 is 0 Å². The van der Waals surface area contributed by atoms with Gasteiger partial charge >= 0.3 is 11.4 Å². The van der Waals surface area contributed by atoms with Crippen LogP contribution in [0.3, 0.4) is 0 Å². The number of hydrogen-bond acceptors (Lipinski definition) is 9. The molecule has 0 saturated heterocycles. The van der Waals surface area contributed by atoms with Gasteiger partial charge in [0.2, 0.25) is 0 Å². The molecule has 0 aromatic heterocycles. The highest BCUT2D eigenvalue weighted by Crippen LogP contribution is 2.46. The largest absolute Gasteiger partial charge is 0.343 e. The predicted molar refractivity (Wildman–Crippen MR) is 106 cm³/mol. The van der Waals surface area contributed by atoms with Crippen LogP contribution in [0.1, 0.15) is 0 Å². The van der Waals surface area contributed by atoms with Crippen molar-refractivity contribution >= 4 is 81.9 Å². The fraction of sp³-hybridized carbons (Fsp3) is 0. The minimum Gasteiger partial charge on any atom is -0.343 e. The summed E-state index contributed by atoms with van der Waals surface area (Å²) < 4.78 is -0.0202. The van der Waals surface area contributed by atoms with E-state index in [4.69, 9.17) is 0 Å². The van der Waals surface area contributed by atoms with Crippen molar-refractivity contribution < 1.29 is 19.7 Å². The Labute approximate surface area is 178 Å². The van der Waals surface area contributed by atoms with E-state index in [0.29, 0.717) is 12.1 Å². The summed E-state index contributed by atoms with van der Waals surface area (Å²) in [5, 5.41) is 47.1. The van der Waals surface area contributed by atoms with Crippen LogP contribution in [-0.4, -0.2) is 19.7 Å². The first-order valence-corrected chi connectivity index (χ1v) is 9.03. The maximum atomic E-state index is 11.3. The lowest BCUT2D eigenvalue weighted by Crippen LogP contribution is -2.04. The Balaban J connectivity index is 2.76. The van der Waals surface area contributed by atoms with Crippen LogP contribution in [0.5, 0.6) is 0 Å². The van der Waals surface area contributed by atoms with Gasteiger partial charge in [-0.05, 0) is 53.9 Å². The van der Waals surface area contributed by atoms with E-state index in [9.17, 15) is 40.5 Å². The first kappa shape index (κ1) is 21.6. The molecule has 2 aromatic carbocycles. The summed E-state index contributed by atoms with van der Waals surface area (Å²) >= 11 is 9.06. The van der Waals surface area contributed by atoms with Gasteiger partial charge < -0.3 is 5.32 Å². The first-order valence-electron chi connectivity index (χ1n) is 6.65. The molecule has 16 heteroatoms. The Kier molecular flexibility index (Phi) is 6.25. The van der Waals surface area contributed by atoms with Gasteiger partial charge in [-0.1, -0.05) is 0 Å². The zero-order chi connectivity index (χ0) is 21.3. The van der Waals surface area contributed by atoms with E-state index in [1.807, 2.05) is 0 Å². The number of halogens is 3. The van der Waals surface area contributed by atoms with E-state index in [1.54, 1.807) is 0 Å². The molecule has 13 nitrogen and oxygen atoms in total. The standard InChI is InChI=1S/C12H4Br3N5O8/c13-5-3-6(9(14)10(15)12(5)20(27)28)16-11-7(18(23)24)1-4(17(21)22)2-8(11)19(25)26/h1-3,16H. The molecule has 0 spiro atoms. The van der Waals surface area contributed by atoms with Crippen molar-refractivity contribution in [3.63, 3.8) is 0 Å². The van der Waals surface area contributed by atoms with Gasteiger partial charge in [-0.15, -0.1) is 0 Å². The van der Waals surface area contributed by atoms with Gasteiger partial charge in [0.05, 0.1) is 46.5 Å². The third-order valence-corrected chi connectivity index (χ3v) is 5.99. The molecule has 28 heavy (non-hydrogen) atoms. The SMILES string of the molecule is O=[N+]([O-])c1cc([N+](=O)[O-])c(Nc2cc(Br)c([N+](=O)[O-])c(Br)c2Br)c([N+](=O)[O-])c1. The number of hydrogen-bond donors (Lipinski definition) is 1. The van der Waals surface area contributed by atoms with Crippen LogP contribution in [0, 0.1) is 40.5 Å². The van der Waals surface area contributed by atoms with Gasteiger partial charge in [-0.3, -0.25) is 40.5 Å². The number of benzene rings is 2. The lowest BCUT2D eigenvalue weighted by molar-refractivity contribution is -0.401. The molecule has 0 heterocycles. The molecule has 0 atom stereocenters. The lowest BCUT2D eigenvalue weighted by atomic mass is 10.2. The van der Waals surface area contributed by atoms with Crippen molar-refractivity contribution in [1.82, 2.24) is 0 Å². The van der Waals surface area contributed by atoms with Crippen LogP contribution in [0.2, 0.25) is 0 Å². The minimum atomic E-state index is -1.02. The molecule has 0 fully saturated rings. The van der Waals surface area contributed by atoms with Crippen LogP contribution in [0.4, 0.5) is 34.1 Å². The van der Waals surface area contributed by atoms with Gasteiger partial charge in [0.1, 0.15) is 4.47 Å². The van der Waals surface area contributed by atoms with Gasteiger partial charge in [-0.25, -0.2) is 0 Å². The highest BCUT2D eigenvalue weighted by Gasteiger charge is 2.32. The van der Waals surface area contributed by atoms with Crippen LogP contribution >= 0.6 is 47.8 Å². The number of rotatable bonds is 6. The van der Waals surface area contributed by atoms with Crippen molar-refractivity contribution in [3.05, 3.63) is 72.1 Å². The molecule has 146 valence electrons. The fourth-order valence-electron chi connectivity index (χ4n) is 2.10. The van der Waals surface area contributed by atoms with Gasteiger partial charge in [0.25, 0.3) is 11.4 Å². The number of nitrogens with one attached hydrogen (secondary N) is 1. The van der Waals surface area contributed by atoms with Gasteiger partial charge in [-0.2, -0.15) is 0 Å². The predicted octanol–water partition coefficient (Wildman–Crippen LogP) is 5.35. The Hall–Kier alpha value is -2.72. The normalized spacial score (nSPS) is 10.4. The number of non-ortho nitro benzene ring substituents is 1. The molecule has 2 aromatic rings. The summed E-state index contributed by atoms with van der Waals surface area (Å²) in [6.45, 7) is 0. The molecule has 0 aliphatic carbocycles. The quantitative estimate of drug-likeness (QED) is 0.265. The monoisotopic (exact) mass is 583 g/mol. The van der Waals surface area contributed by atoms with Crippen molar-refractivity contribution in [3.8, 4) is 0 Å². The van der Waals surface area contributed by atoms with Crippen molar-refractivity contribution in [2.75, 3.05) is 5.32 Å². The first-order chi connectivity index (χ1) is 13.0. The molecule has 2 rings (SSSR count). The van der Waals surface area contributed by atoms with Gasteiger partial charge in [0, 0.05) is 0 Å². The molecule has 0 unspecified atom stereocenters. The van der Waals surface area contributed by atoms with E-state index in [2.05, 4.69) is 53.1 Å². The van der Waals surface area contributed by atoms with Crippen LogP contribution in [0.25, 0.3) is 0 Å². The molecule has 1 N–H and O–H groups in total. The molecule has 0 aliphatic rings. The average molecular weight is 586 g/mol. The Morgan fingerprint density at radius 1 is 0.714 bits per heavy atom. The number of nitro groups is 4. The number of nitro benzene ring substituents is 4. The molecule has 0 amide bonds. The van der Waals surface area contributed by atoms with Crippen LogP contribution in [0.15, 0.2) is 31.6 Å². The second kappa shape index (κ2) is 8.11. The summed E-state index contributed by atoms with van der Waals surface area (Å²) in [6.07, 6.45) is 0. The van der Waals surface area contributed by atoms with Crippen molar-refractivity contribution in [2.24, 2.45) is 0 Å². The maximum Gasteiger partial charge on any atom is 0.306 e. The van der Waals surface area contributed by atoms with Gasteiger partial charge in [0.15, 0.2) is 5.69 Å². The molecule has 0 saturated carbocycles. The van der Waals surface area contributed by atoms with E-state index in [0.717, 1.165) is 0 Å². The Morgan fingerprint density at radius 3 is 1.61 bits per heavy atom. The Bertz CT molecular complexity index is 1030. The molecular weight excluding hydrogens is 582 g/mol. The molecule has 0 bridgehead atoms. The second-order valence-corrected chi connectivity index (χ2v) is 7.34. The van der Waals surface area contributed by atoms with Crippen LogP contribution < -0.4 is 5.32 Å². The number of anilines is 2. The Morgan fingerprint density at radius 2 is 1.21 bits per heavy atom. The van der Waals surface area contributed by atoms with Crippen molar-refractivity contribution in [2.45, 2.75) is 0 Å². The third-order valence-electron chi connectivity index (χ3n) is 3.26. The van der Waals surface area contributed by atoms with E-state index in [1.165, 1.54) is 6.07 Å². The average Bonchev–Trinajstić information content (AvgIpc) is 2.58. The van der Waals surface area contributed by atoms with E-state index in [-0.39, 0.29) is 24.8 Å². The molecular formula is C12H4Br3N5O8. The fourth-order valence-corrected chi connectivity index (χ4v) is 3.91. The van der Waals surface area contributed by atoms with E-state index < -0.39 is 42.4 Å². The zero-order valence-corrected chi connectivity index (χ0v) is 17.7. The number of nitrogens with zero attached hydrogens (tertiary/aromatic N) is 4. The summed E-state index contributed by atoms with van der Waals surface area (Å²) in [7, 11) is 0. The highest BCUT2D eigenvalue weighted by atomic mass is 79.9. The molecule has 0 radical (unpaired) electrons. The summed E-state index contributed by atoms with van der Waals surface area (Å²) in [6, 6.07) is 2.30. The minimum absolute atomic E-state index is 0.00981. The van der Waals surface area contributed by atoms with Crippen LogP contribution in [-0.2, 0) is 0 Å². The maximum absolute atomic E-state index is 11.3. The van der Waals surface area contributed by atoms with Crippen molar-refractivity contribution in [1.29, 1.82) is 0 Å². The summed E-state index contributed by atoms with van der Waals surface area (Å²) in [5.41, 5.74) is -3.67. The third kappa shape index (κ3) is 4.07. The topological polar surface area (TPSA) is 185 Å². The lowest BCUT2D eigenvalue weighted by Gasteiger charge is -2.12. The second-order valence-electron chi connectivity index (χ2n) is 4.89. The molecule has 0 aliphatic heterocycles. The summed E-state index contributed by atoms with van der Waals surface area (Å²) in [4.78, 5) is 40.9. The summed E-state index contributed by atoms with van der Waals surface area (Å²) in [5.74, 6) is 0. The highest BCUT2D eigenvalue weighted by molar-refractivity contribution is 9.13. The zero-order valence-electron chi connectivity index (χ0n) is 12.9.